The zero-order valence-corrected chi connectivity index (χ0v) is 14.1. The van der Waals surface area contributed by atoms with E-state index in [0.717, 1.165) is 4.47 Å². The second-order valence-electron chi connectivity index (χ2n) is 5.25. The molecule has 2 aromatic rings. The highest BCUT2D eigenvalue weighted by Gasteiger charge is 2.17. The Morgan fingerprint density at radius 1 is 1.33 bits per heavy atom. The quantitative estimate of drug-likeness (QED) is 0.901. The SMILES string of the molecule is CN(C)C(CNC(=O)c1cc(Br)cn1C)c1ccccc1. The van der Waals surface area contributed by atoms with E-state index in [1.165, 1.54) is 5.56 Å². The summed E-state index contributed by atoms with van der Waals surface area (Å²) in [5, 5.41) is 3.01. The van der Waals surface area contributed by atoms with Crippen LogP contribution in [0.15, 0.2) is 47.1 Å². The van der Waals surface area contributed by atoms with Crippen molar-refractivity contribution in [3.63, 3.8) is 0 Å². The maximum Gasteiger partial charge on any atom is 0.268 e. The summed E-state index contributed by atoms with van der Waals surface area (Å²) in [6.45, 7) is 0.568. The summed E-state index contributed by atoms with van der Waals surface area (Å²) in [5.74, 6) is -0.0639. The van der Waals surface area contributed by atoms with Crippen LogP contribution in [0.2, 0.25) is 0 Å². The van der Waals surface area contributed by atoms with E-state index in [1.54, 1.807) is 0 Å². The molecule has 0 fully saturated rings. The number of halogens is 1. The van der Waals surface area contributed by atoms with E-state index in [0.29, 0.717) is 12.2 Å². The fraction of sp³-hybridized carbons (Fsp3) is 0.312. The first-order valence-electron chi connectivity index (χ1n) is 6.80. The van der Waals surface area contributed by atoms with Crippen LogP contribution in [0.3, 0.4) is 0 Å². The van der Waals surface area contributed by atoms with Crippen molar-refractivity contribution in [3.05, 3.63) is 58.3 Å². The largest absolute Gasteiger partial charge is 0.349 e. The molecule has 0 aliphatic carbocycles. The van der Waals surface area contributed by atoms with Crippen molar-refractivity contribution in [1.82, 2.24) is 14.8 Å². The normalized spacial score (nSPS) is 12.4. The minimum Gasteiger partial charge on any atom is -0.349 e. The van der Waals surface area contributed by atoms with E-state index in [9.17, 15) is 4.79 Å². The molecule has 21 heavy (non-hydrogen) atoms. The molecule has 1 unspecified atom stereocenters. The third kappa shape index (κ3) is 3.95. The predicted molar refractivity (Wildman–Crippen MR) is 88.3 cm³/mol. The molecule has 2 rings (SSSR count). The minimum atomic E-state index is -0.0639. The van der Waals surface area contributed by atoms with Gasteiger partial charge >= 0.3 is 0 Å². The van der Waals surface area contributed by atoms with E-state index in [-0.39, 0.29) is 11.9 Å². The second-order valence-corrected chi connectivity index (χ2v) is 6.17. The number of aryl methyl sites for hydroxylation is 1. The second kappa shape index (κ2) is 6.91. The Hall–Kier alpha value is -1.59. The Morgan fingerprint density at radius 2 is 2.00 bits per heavy atom. The number of likely N-dealkylation sites (N-methyl/N-ethyl adjacent to an activating group) is 1. The van der Waals surface area contributed by atoms with E-state index < -0.39 is 0 Å². The number of nitrogens with one attached hydrogen (secondary N) is 1. The van der Waals surface area contributed by atoms with Gasteiger partial charge in [-0.2, -0.15) is 0 Å². The highest BCUT2D eigenvalue weighted by molar-refractivity contribution is 9.10. The van der Waals surface area contributed by atoms with Crippen molar-refractivity contribution in [2.75, 3.05) is 20.6 Å². The Bertz CT molecular complexity index is 607. The van der Waals surface area contributed by atoms with Gasteiger partial charge in [-0.1, -0.05) is 30.3 Å². The van der Waals surface area contributed by atoms with Gasteiger partial charge in [0.2, 0.25) is 0 Å². The van der Waals surface area contributed by atoms with Crippen molar-refractivity contribution in [2.45, 2.75) is 6.04 Å². The lowest BCUT2D eigenvalue weighted by molar-refractivity contribution is 0.0934. The van der Waals surface area contributed by atoms with E-state index in [1.807, 2.05) is 56.2 Å². The first kappa shape index (κ1) is 15.8. The maximum atomic E-state index is 12.3. The smallest absolute Gasteiger partial charge is 0.268 e. The van der Waals surface area contributed by atoms with Crippen LogP contribution in [-0.2, 0) is 7.05 Å². The summed E-state index contributed by atoms with van der Waals surface area (Å²) in [5.41, 5.74) is 1.84. The third-order valence-electron chi connectivity index (χ3n) is 3.47. The molecule has 0 saturated heterocycles. The lowest BCUT2D eigenvalue weighted by Crippen LogP contribution is -2.35. The van der Waals surface area contributed by atoms with Crippen LogP contribution in [0.4, 0.5) is 0 Å². The molecular formula is C16H20BrN3O. The maximum absolute atomic E-state index is 12.3. The first-order chi connectivity index (χ1) is 9.99. The van der Waals surface area contributed by atoms with Gasteiger partial charge in [-0.15, -0.1) is 0 Å². The predicted octanol–water partition coefficient (Wildman–Crippen LogP) is 2.82. The van der Waals surface area contributed by atoms with Crippen LogP contribution in [-0.4, -0.2) is 36.0 Å². The summed E-state index contributed by atoms with van der Waals surface area (Å²) in [6, 6.07) is 12.2. The monoisotopic (exact) mass is 349 g/mol. The Balaban J connectivity index is 2.06. The van der Waals surface area contributed by atoms with Gasteiger partial charge < -0.3 is 14.8 Å². The number of hydrogen-bond donors (Lipinski definition) is 1. The number of amides is 1. The molecular weight excluding hydrogens is 330 g/mol. The van der Waals surface area contributed by atoms with Gasteiger partial charge in [-0.3, -0.25) is 4.79 Å². The summed E-state index contributed by atoms with van der Waals surface area (Å²) in [4.78, 5) is 14.4. The molecule has 0 saturated carbocycles. The standard InChI is InChI=1S/C16H20BrN3O/c1-19(2)15(12-7-5-4-6-8-12)10-18-16(21)14-9-13(17)11-20(14)3/h4-9,11,15H,10H2,1-3H3,(H,18,21). The molecule has 0 radical (unpaired) electrons. The average molecular weight is 350 g/mol. The topological polar surface area (TPSA) is 37.3 Å². The zero-order valence-electron chi connectivity index (χ0n) is 12.5. The van der Waals surface area contributed by atoms with Crippen LogP contribution in [0, 0.1) is 0 Å². The molecule has 1 aromatic heterocycles. The van der Waals surface area contributed by atoms with E-state index in [2.05, 4.69) is 38.3 Å². The van der Waals surface area contributed by atoms with E-state index >= 15 is 0 Å². The van der Waals surface area contributed by atoms with Gasteiger partial charge in [0.15, 0.2) is 0 Å². The molecule has 0 aliphatic heterocycles. The number of nitrogens with zero attached hydrogens (tertiary/aromatic N) is 2. The molecule has 4 nitrogen and oxygen atoms in total. The number of carbonyl (C=O) groups excluding carboxylic acids is 1. The number of benzene rings is 1. The van der Waals surface area contributed by atoms with Crippen molar-refractivity contribution < 1.29 is 4.79 Å². The van der Waals surface area contributed by atoms with Crippen molar-refractivity contribution in [3.8, 4) is 0 Å². The summed E-state index contributed by atoms with van der Waals surface area (Å²) in [7, 11) is 5.89. The van der Waals surface area contributed by atoms with Gasteiger partial charge in [-0.25, -0.2) is 0 Å². The molecule has 0 aliphatic rings. The van der Waals surface area contributed by atoms with Crippen LogP contribution < -0.4 is 5.32 Å². The Kier molecular flexibility index (Phi) is 5.20. The summed E-state index contributed by atoms with van der Waals surface area (Å²) >= 11 is 3.38. The van der Waals surface area contributed by atoms with Gasteiger partial charge in [0, 0.05) is 24.3 Å². The number of aromatic nitrogens is 1. The van der Waals surface area contributed by atoms with Crippen LogP contribution in [0.5, 0.6) is 0 Å². The summed E-state index contributed by atoms with van der Waals surface area (Å²) in [6.07, 6.45) is 1.87. The molecule has 1 atom stereocenters. The van der Waals surface area contributed by atoms with Crippen molar-refractivity contribution in [1.29, 1.82) is 0 Å². The third-order valence-corrected chi connectivity index (χ3v) is 3.90. The zero-order chi connectivity index (χ0) is 15.4. The van der Waals surface area contributed by atoms with Crippen LogP contribution in [0.25, 0.3) is 0 Å². The average Bonchev–Trinajstić information content (AvgIpc) is 2.78. The molecule has 1 aromatic carbocycles. The molecule has 1 heterocycles. The molecule has 5 heteroatoms. The fourth-order valence-electron chi connectivity index (χ4n) is 2.30. The molecule has 1 amide bonds. The highest BCUT2D eigenvalue weighted by Crippen LogP contribution is 2.17. The van der Waals surface area contributed by atoms with Crippen LogP contribution >= 0.6 is 15.9 Å². The van der Waals surface area contributed by atoms with Crippen molar-refractivity contribution >= 4 is 21.8 Å². The lowest BCUT2D eigenvalue weighted by Gasteiger charge is -2.25. The lowest BCUT2D eigenvalue weighted by atomic mass is 10.1. The number of carbonyl (C=O) groups is 1. The molecule has 0 bridgehead atoms. The summed E-state index contributed by atoms with van der Waals surface area (Å²) < 4.78 is 2.72. The van der Waals surface area contributed by atoms with Gasteiger partial charge in [0.25, 0.3) is 5.91 Å². The number of rotatable bonds is 5. The van der Waals surface area contributed by atoms with Gasteiger partial charge in [0.1, 0.15) is 5.69 Å². The van der Waals surface area contributed by atoms with E-state index in [4.69, 9.17) is 0 Å². The fourth-order valence-corrected chi connectivity index (χ4v) is 2.83. The molecule has 1 N–H and O–H groups in total. The van der Waals surface area contributed by atoms with Crippen molar-refractivity contribution in [2.24, 2.45) is 7.05 Å². The number of hydrogen-bond acceptors (Lipinski definition) is 2. The highest BCUT2D eigenvalue weighted by atomic mass is 79.9. The van der Waals surface area contributed by atoms with Crippen LogP contribution in [0.1, 0.15) is 22.1 Å². The minimum absolute atomic E-state index is 0.0639. The molecule has 112 valence electrons. The molecule has 0 spiro atoms. The Morgan fingerprint density at radius 3 is 2.52 bits per heavy atom. The van der Waals surface area contributed by atoms with Gasteiger partial charge in [0.05, 0.1) is 6.04 Å². The van der Waals surface area contributed by atoms with Gasteiger partial charge in [-0.05, 0) is 41.7 Å². The first-order valence-corrected chi connectivity index (χ1v) is 7.59. The Labute approximate surface area is 133 Å².